The van der Waals surface area contributed by atoms with Crippen molar-refractivity contribution in [1.29, 1.82) is 0 Å². The Labute approximate surface area is 112 Å². The minimum atomic E-state index is -0.250. The fourth-order valence-corrected chi connectivity index (χ4v) is 2.36. The summed E-state index contributed by atoms with van der Waals surface area (Å²) in [4.78, 5) is 14.3. The predicted octanol–water partition coefficient (Wildman–Crippen LogP) is -0.608. The first kappa shape index (κ1) is 14.0. The van der Waals surface area contributed by atoms with Crippen molar-refractivity contribution in [2.24, 2.45) is 7.05 Å². The third kappa shape index (κ3) is 3.74. The Morgan fingerprint density at radius 3 is 2.79 bits per heavy atom. The molecule has 7 nitrogen and oxygen atoms in total. The van der Waals surface area contributed by atoms with E-state index < -0.39 is 0 Å². The standard InChI is InChI=1S/C12H21N5O2/c1-16-11(7-13-15-16)12(19)14-10(9-18)8-17-5-3-2-4-6-17/h7,10,18H,2-6,8-9H2,1H3,(H,14,19)/t10-/m1/s1. The molecule has 1 saturated heterocycles. The van der Waals surface area contributed by atoms with Crippen LogP contribution < -0.4 is 5.32 Å². The molecule has 19 heavy (non-hydrogen) atoms. The predicted molar refractivity (Wildman–Crippen MR) is 69.6 cm³/mol. The van der Waals surface area contributed by atoms with Crippen LogP contribution in [0.25, 0.3) is 0 Å². The fourth-order valence-electron chi connectivity index (χ4n) is 2.36. The maximum Gasteiger partial charge on any atom is 0.271 e. The molecule has 0 bridgehead atoms. The van der Waals surface area contributed by atoms with Crippen LogP contribution in [0.3, 0.4) is 0 Å². The fraction of sp³-hybridized carbons (Fsp3) is 0.750. The van der Waals surface area contributed by atoms with E-state index in [4.69, 9.17) is 0 Å². The molecule has 1 fully saturated rings. The summed E-state index contributed by atoms with van der Waals surface area (Å²) in [6, 6.07) is -0.250. The number of likely N-dealkylation sites (tertiary alicyclic amines) is 1. The van der Waals surface area contributed by atoms with Gasteiger partial charge in [-0.25, -0.2) is 4.68 Å². The average molecular weight is 267 g/mol. The number of nitrogens with one attached hydrogen (secondary N) is 1. The highest BCUT2D eigenvalue weighted by atomic mass is 16.3. The molecule has 2 heterocycles. The summed E-state index contributed by atoms with van der Waals surface area (Å²) in [6.45, 7) is 2.71. The van der Waals surface area contributed by atoms with Crippen LogP contribution in [0, 0.1) is 0 Å². The minimum Gasteiger partial charge on any atom is -0.394 e. The summed E-state index contributed by atoms with van der Waals surface area (Å²) in [5, 5.41) is 19.6. The lowest BCUT2D eigenvalue weighted by atomic mass is 10.1. The lowest BCUT2D eigenvalue weighted by molar-refractivity contribution is 0.0877. The Morgan fingerprint density at radius 1 is 1.47 bits per heavy atom. The van der Waals surface area contributed by atoms with Crippen molar-refractivity contribution in [2.75, 3.05) is 26.2 Å². The van der Waals surface area contributed by atoms with Crippen LogP contribution in [0.5, 0.6) is 0 Å². The van der Waals surface area contributed by atoms with Gasteiger partial charge in [0.1, 0.15) is 5.69 Å². The number of carbonyl (C=O) groups is 1. The Bertz CT molecular complexity index is 414. The van der Waals surface area contributed by atoms with E-state index in [0.717, 1.165) is 13.1 Å². The summed E-state index contributed by atoms with van der Waals surface area (Å²) in [7, 11) is 1.67. The van der Waals surface area contributed by atoms with Crippen molar-refractivity contribution >= 4 is 5.91 Å². The molecule has 0 radical (unpaired) electrons. The lowest BCUT2D eigenvalue weighted by Gasteiger charge is -2.30. The zero-order valence-electron chi connectivity index (χ0n) is 11.2. The van der Waals surface area contributed by atoms with E-state index >= 15 is 0 Å². The number of carbonyl (C=O) groups excluding carboxylic acids is 1. The highest BCUT2D eigenvalue weighted by molar-refractivity contribution is 5.92. The highest BCUT2D eigenvalue weighted by Crippen LogP contribution is 2.09. The second kappa shape index (κ2) is 6.63. The number of amides is 1. The molecule has 106 valence electrons. The molecule has 1 aromatic heterocycles. The molecule has 1 aliphatic rings. The van der Waals surface area contributed by atoms with Gasteiger partial charge in [0, 0.05) is 13.6 Å². The van der Waals surface area contributed by atoms with Crippen LogP contribution in [-0.4, -0.2) is 63.2 Å². The number of aliphatic hydroxyl groups excluding tert-OH is 1. The van der Waals surface area contributed by atoms with E-state index in [1.165, 1.54) is 30.1 Å². The molecule has 7 heteroatoms. The number of hydrogen-bond acceptors (Lipinski definition) is 5. The molecule has 1 aromatic rings. The molecular formula is C12H21N5O2. The second-order valence-corrected chi connectivity index (χ2v) is 4.96. The molecule has 1 amide bonds. The molecule has 0 spiro atoms. The Morgan fingerprint density at radius 2 is 2.21 bits per heavy atom. The van der Waals surface area contributed by atoms with Crippen molar-refractivity contribution in [1.82, 2.24) is 25.2 Å². The van der Waals surface area contributed by atoms with Gasteiger partial charge in [0.25, 0.3) is 5.91 Å². The van der Waals surface area contributed by atoms with Gasteiger partial charge in [-0.2, -0.15) is 0 Å². The van der Waals surface area contributed by atoms with Gasteiger partial charge in [0.2, 0.25) is 0 Å². The van der Waals surface area contributed by atoms with Crippen LogP contribution in [0.4, 0.5) is 0 Å². The van der Waals surface area contributed by atoms with Crippen LogP contribution in [-0.2, 0) is 7.05 Å². The zero-order chi connectivity index (χ0) is 13.7. The SMILES string of the molecule is Cn1nncc1C(=O)N[C@@H](CO)CN1CCCCC1. The molecule has 2 N–H and O–H groups in total. The van der Waals surface area contributed by atoms with Gasteiger partial charge >= 0.3 is 0 Å². The highest BCUT2D eigenvalue weighted by Gasteiger charge is 2.19. The summed E-state index contributed by atoms with van der Waals surface area (Å²) >= 11 is 0. The van der Waals surface area contributed by atoms with Crippen molar-refractivity contribution in [3.05, 3.63) is 11.9 Å². The maximum atomic E-state index is 12.0. The first-order valence-electron chi connectivity index (χ1n) is 6.69. The molecule has 0 unspecified atom stereocenters. The van der Waals surface area contributed by atoms with Crippen LogP contribution in [0.1, 0.15) is 29.8 Å². The number of rotatable bonds is 5. The number of hydrogen-bond donors (Lipinski definition) is 2. The van der Waals surface area contributed by atoms with Crippen LogP contribution >= 0.6 is 0 Å². The van der Waals surface area contributed by atoms with Gasteiger partial charge in [-0.05, 0) is 25.9 Å². The summed E-state index contributed by atoms with van der Waals surface area (Å²) < 4.78 is 1.42. The van der Waals surface area contributed by atoms with Crippen molar-refractivity contribution in [3.63, 3.8) is 0 Å². The number of aromatic nitrogens is 3. The Balaban J connectivity index is 1.88. The molecular weight excluding hydrogens is 246 g/mol. The second-order valence-electron chi connectivity index (χ2n) is 4.96. The normalized spacial score (nSPS) is 18.2. The van der Waals surface area contributed by atoms with Crippen molar-refractivity contribution < 1.29 is 9.90 Å². The molecule has 0 aromatic carbocycles. The number of nitrogens with zero attached hydrogens (tertiary/aromatic N) is 4. The van der Waals surface area contributed by atoms with E-state index in [1.54, 1.807) is 7.05 Å². The quantitative estimate of drug-likeness (QED) is 0.744. The first-order chi connectivity index (χ1) is 9.20. The van der Waals surface area contributed by atoms with E-state index in [0.29, 0.717) is 12.2 Å². The van der Waals surface area contributed by atoms with E-state index in [9.17, 15) is 9.90 Å². The summed E-state index contributed by atoms with van der Waals surface area (Å²) in [6.07, 6.45) is 5.08. The molecule has 0 saturated carbocycles. The average Bonchev–Trinajstić information content (AvgIpc) is 2.85. The third-order valence-corrected chi connectivity index (χ3v) is 3.43. The zero-order valence-corrected chi connectivity index (χ0v) is 11.2. The van der Waals surface area contributed by atoms with Gasteiger partial charge in [-0.3, -0.25) is 4.79 Å². The van der Waals surface area contributed by atoms with Crippen LogP contribution in [0.15, 0.2) is 6.20 Å². The van der Waals surface area contributed by atoms with E-state index in [2.05, 4.69) is 20.5 Å². The molecule has 1 atom stereocenters. The topological polar surface area (TPSA) is 83.3 Å². The van der Waals surface area contributed by atoms with Gasteiger partial charge in [-0.15, -0.1) is 5.10 Å². The van der Waals surface area contributed by atoms with Crippen molar-refractivity contribution in [2.45, 2.75) is 25.3 Å². The smallest absolute Gasteiger partial charge is 0.271 e. The monoisotopic (exact) mass is 267 g/mol. The van der Waals surface area contributed by atoms with Gasteiger partial charge in [-0.1, -0.05) is 11.6 Å². The Kier molecular flexibility index (Phi) is 4.86. The summed E-state index contributed by atoms with van der Waals surface area (Å²) in [5.74, 6) is -0.247. The Hall–Kier alpha value is -1.47. The van der Waals surface area contributed by atoms with Gasteiger partial charge in [0.05, 0.1) is 18.8 Å². The first-order valence-corrected chi connectivity index (χ1v) is 6.69. The van der Waals surface area contributed by atoms with E-state index in [1.807, 2.05) is 0 Å². The largest absolute Gasteiger partial charge is 0.394 e. The molecule has 0 aliphatic carbocycles. The number of aliphatic hydroxyl groups is 1. The van der Waals surface area contributed by atoms with Gasteiger partial charge < -0.3 is 15.3 Å². The molecule has 2 rings (SSSR count). The number of piperidine rings is 1. The summed E-state index contributed by atoms with van der Waals surface area (Å²) in [5.41, 5.74) is 0.400. The number of aryl methyl sites for hydroxylation is 1. The van der Waals surface area contributed by atoms with Crippen LogP contribution in [0.2, 0.25) is 0 Å². The van der Waals surface area contributed by atoms with Gasteiger partial charge in [0.15, 0.2) is 0 Å². The minimum absolute atomic E-state index is 0.0620. The van der Waals surface area contributed by atoms with E-state index in [-0.39, 0.29) is 18.6 Å². The third-order valence-electron chi connectivity index (χ3n) is 3.43. The van der Waals surface area contributed by atoms with Crippen molar-refractivity contribution in [3.8, 4) is 0 Å². The molecule has 1 aliphatic heterocycles. The lowest BCUT2D eigenvalue weighted by Crippen LogP contribution is -2.47. The maximum absolute atomic E-state index is 12.0.